The Balaban J connectivity index is 3.31. The Morgan fingerprint density at radius 2 is 1.82 bits per heavy atom. The number of hydrogen-bond acceptors (Lipinski definition) is 4. The van der Waals surface area contributed by atoms with Gasteiger partial charge in [0.1, 0.15) is 0 Å². The van der Waals surface area contributed by atoms with Crippen LogP contribution in [0.4, 0.5) is 0 Å². The molecule has 0 rings (SSSR count). The summed E-state index contributed by atoms with van der Waals surface area (Å²) in [5.74, 6) is 0.564. The van der Waals surface area contributed by atoms with Crippen LogP contribution in [-0.4, -0.2) is 58.0 Å². The topological polar surface area (TPSA) is 47.7 Å². The maximum Gasteiger partial charge on any atom is 0.0593 e. The van der Waals surface area contributed by atoms with Gasteiger partial charge in [0.15, 0.2) is 0 Å². The van der Waals surface area contributed by atoms with Gasteiger partial charge in [0.25, 0.3) is 0 Å². The van der Waals surface area contributed by atoms with Crippen molar-refractivity contribution in [1.82, 2.24) is 4.90 Å². The van der Waals surface area contributed by atoms with Gasteiger partial charge in [0.2, 0.25) is 0 Å². The molecule has 0 aromatic rings. The van der Waals surface area contributed by atoms with Crippen LogP contribution in [0.3, 0.4) is 0 Å². The van der Waals surface area contributed by atoms with Crippen LogP contribution < -0.4 is 5.73 Å². The van der Waals surface area contributed by atoms with E-state index in [1.54, 1.807) is 7.11 Å². The number of ether oxygens (including phenoxy) is 2. The van der Waals surface area contributed by atoms with E-state index in [-0.39, 0.29) is 0 Å². The molecule has 0 aliphatic rings. The Hall–Kier alpha value is -0.160. The molecule has 0 aromatic carbocycles. The van der Waals surface area contributed by atoms with Gasteiger partial charge in [-0.1, -0.05) is 13.8 Å². The van der Waals surface area contributed by atoms with E-state index in [2.05, 4.69) is 25.8 Å². The van der Waals surface area contributed by atoms with Crippen LogP contribution in [0.2, 0.25) is 0 Å². The second kappa shape index (κ2) is 11.0. The predicted octanol–water partition coefficient (Wildman–Crippen LogP) is 1.34. The Labute approximate surface area is 106 Å². The van der Waals surface area contributed by atoms with Crippen LogP contribution in [0.1, 0.15) is 26.7 Å². The van der Waals surface area contributed by atoms with Gasteiger partial charge in [0.05, 0.1) is 6.61 Å². The van der Waals surface area contributed by atoms with Crippen molar-refractivity contribution >= 4 is 0 Å². The van der Waals surface area contributed by atoms with E-state index in [9.17, 15) is 0 Å². The maximum absolute atomic E-state index is 6.00. The highest BCUT2D eigenvalue weighted by molar-refractivity contribution is 4.67. The summed E-state index contributed by atoms with van der Waals surface area (Å²) in [6.45, 7) is 8.70. The van der Waals surface area contributed by atoms with E-state index in [1.807, 2.05) is 0 Å². The molecule has 104 valence electrons. The molecular formula is C13H30N2O2. The molecule has 0 aliphatic heterocycles. The van der Waals surface area contributed by atoms with Crippen LogP contribution in [-0.2, 0) is 9.47 Å². The molecule has 0 spiro atoms. The number of likely N-dealkylation sites (N-methyl/N-ethyl adjacent to an activating group) is 1. The molecule has 17 heavy (non-hydrogen) atoms. The lowest BCUT2D eigenvalue weighted by Crippen LogP contribution is -2.33. The first kappa shape index (κ1) is 16.8. The average molecular weight is 246 g/mol. The molecular weight excluding hydrogens is 216 g/mol. The average Bonchev–Trinajstić information content (AvgIpc) is 2.30. The zero-order chi connectivity index (χ0) is 13.1. The summed E-state index contributed by atoms with van der Waals surface area (Å²) in [6.07, 6.45) is 2.02. The van der Waals surface area contributed by atoms with Crippen LogP contribution in [0.25, 0.3) is 0 Å². The van der Waals surface area contributed by atoms with Crippen molar-refractivity contribution < 1.29 is 9.47 Å². The molecule has 0 aliphatic carbocycles. The molecule has 0 fully saturated rings. The molecule has 1 atom stereocenters. The SMILES string of the molecule is COCCCOCCN(C)CCC(N)C(C)C. The standard InChI is InChI=1S/C13H30N2O2/c1-12(2)13(14)6-7-15(3)8-11-17-10-5-9-16-4/h12-13H,5-11,14H2,1-4H3. The fraction of sp³-hybridized carbons (Fsp3) is 1.00. The Bertz CT molecular complexity index is 165. The van der Waals surface area contributed by atoms with Crippen molar-refractivity contribution in [2.75, 3.05) is 47.1 Å². The van der Waals surface area contributed by atoms with E-state index >= 15 is 0 Å². The second-order valence-electron chi connectivity index (χ2n) is 4.96. The third kappa shape index (κ3) is 10.7. The lowest BCUT2D eigenvalue weighted by atomic mass is 10.0. The van der Waals surface area contributed by atoms with E-state index in [0.717, 1.165) is 45.8 Å². The van der Waals surface area contributed by atoms with Crippen LogP contribution >= 0.6 is 0 Å². The van der Waals surface area contributed by atoms with Gasteiger partial charge in [-0.2, -0.15) is 0 Å². The molecule has 0 saturated heterocycles. The number of nitrogens with two attached hydrogens (primary N) is 1. The van der Waals surface area contributed by atoms with Gasteiger partial charge >= 0.3 is 0 Å². The first-order chi connectivity index (χ1) is 8.07. The molecule has 0 aromatic heterocycles. The van der Waals surface area contributed by atoms with Crippen LogP contribution in [0, 0.1) is 5.92 Å². The van der Waals surface area contributed by atoms with Gasteiger partial charge in [-0.25, -0.2) is 0 Å². The van der Waals surface area contributed by atoms with E-state index < -0.39 is 0 Å². The maximum atomic E-state index is 6.00. The number of methoxy groups -OCH3 is 1. The van der Waals surface area contributed by atoms with Crippen molar-refractivity contribution in [3.8, 4) is 0 Å². The molecule has 0 radical (unpaired) electrons. The molecule has 0 saturated carbocycles. The van der Waals surface area contributed by atoms with E-state index in [0.29, 0.717) is 12.0 Å². The minimum atomic E-state index is 0.306. The fourth-order valence-electron chi connectivity index (χ4n) is 1.44. The normalized spacial score (nSPS) is 13.6. The van der Waals surface area contributed by atoms with Crippen LogP contribution in [0.5, 0.6) is 0 Å². The Morgan fingerprint density at radius 1 is 1.12 bits per heavy atom. The lowest BCUT2D eigenvalue weighted by molar-refractivity contribution is 0.0880. The third-order valence-corrected chi connectivity index (χ3v) is 2.95. The summed E-state index contributed by atoms with van der Waals surface area (Å²) in [5.41, 5.74) is 6.00. The smallest absolute Gasteiger partial charge is 0.0593 e. The van der Waals surface area contributed by atoms with Crippen molar-refractivity contribution in [3.63, 3.8) is 0 Å². The Kier molecular flexibility index (Phi) is 10.9. The third-order valence-electron chi connectivity index (χ3n) is 2.95. The zero-order valence-corrected chi connectivity index (χ0v) is 11.9. The summed E-state index contributed by atoms with van der Waals surface area (Å²) in [4.78, 5) is 2.28. The van der Waals surface area contributed by atoms with E-state index in [4.69, 9.17) is 15.2 Å². The second-order valence-corrected chi connectivity index (χ2v) is 4.96. The van der Waals surface area contributed by atoms with Gasteiger partial charge in [-0.15, -0.1) is 0 Å². The van der Waals surface area contributed by atoms with Gasteiger partial charge < -0.3 is 20.1 Å². The molecule has 2 N–H and O–H groups in total. The minimum absolute atomic E-state index is 0.306. The predicted molar refractivity (Wildman–Crippen MR) is 72.2 cm³/mol. The highest BCUT2D eigenvalue weighted by atomic mass is 16.5. The number of nitrogens with zero attached hydrogens (tertiary/aromatic N) is 1. The zero-order valence-electron chi connectivity index (χ0n) is 11.9. The van der Waals surface area contributed by atoms with Crippen molar-refractivity contribution in [2.45, 2.75) is 32.7 Å². The van der Waals surface area contributed by atoms with Gasteiger partial charge in [-0.3, -0.25) is 0 Å². The quantitative estimate of drug-likeness (QED) is 0.559. The molecule has 0 heterocycles. The first-order valence-corrected chi connectivity index (χ1v) is 6.58. The van der Waals surface area contributed by atoms with Crippen molar-refractivity contribution in [3.05, 3.63) is 0 Å². The molecule has 0 amide bonds. The highest BCUT2D eigenvalue weighted by Crippen LogP contribution is 2.03. The molecule has 4 nitrogen and oxygen atoms in total. The number of rotatable bonds is 11. The van der Waals surface area contributed by atoms with Crippen molar-refractivity contribution in [1.29, 1.82) is 0 Å². The molecule has 1 unspecified atom stereocenters. The Morgan fingerprint density at radius 3 is 2.41 bits per heavy atom. The first-order valence-electron chi connectivity index (χ1n) is 6.58. The largest absolute Gasteiger partial charge is 0.385 e. The fourth-order valence-corrected chi connectivity index (χ4v) is 1.44. The molecule has 4 heteroatoms. The molecule has 0 bridgehead atoms. The number of hydrogen-bond donors (Lipinski definition) is 1. The summed E-state index contributed by atoms with van der Waals surface area (Å²) in [6, 6.07) is 0.306. The highest BCUT2D eigenvalue weighted by Gasteiger charge is 2.08. The summed E-state index contributed by atoms with van der Waals surface area (Å²) in [5, 5.41) is 0. The van der Waals surface area contributed by atoms with Gasteiger partial charge in [0, 0.05) is 32.9 Å². The summed E-state index contributed by atoms with van der Waals surface area (Å²) < 4.78 is 10.5. The van der Waals surface area contributed by atoms with Gasteiger partial charge in [-0.05, 0) is 32.4 Å². The van der Waals surface area contributed by atoms with Crippen molar-refractivity contribution in [2.24, 2.45) is 11.7 Å². The minimum Gasteiger partial charge on any atom is -0.385 e. The lowest BCUT2D eigenvalue weighted by Gasteiger charge is -2.21. The van der Waals surface area contributed by atoms with E-state index in [1.165, 1.54) is 0 Å². The van der Waals surface area contributed by atoms with Crippen LogP contribution in [0.15, 0.2) is 0 Å². The summed E-state index contributed by atoms with van der Waals surface area (Å²) >= 11 is 0. The summed E-state index contributed by atoms with van der Waals surface area (Å²) in [7, 11) is 3.83. The monoisotopic (exact) mass is 246 g/mol.